The lowest BCUT2D eigenvalue weighted by Gasteiger charge is -2.21. The number of allylic oxidation sites excluding steroid dienone is 1. The van der Waals surface area contributed by atoms with Crippen LogP contribution in [0.5, 0.6) is 0 Å². The van der Waals surface area contributed by atoms with Crippen LogP contribution in [0.3, 0.4) is 0 Å². The number of hydrogen-bond acceptors (Lipinski definition) is 8. The van der Waals surface area contributed by atoms with Gasteiger partial charge in [0.2, 0.25) is 0 Å². The van der Waals surface area contributed by atoms with Crippen molar-refractivity contribution in [2.75, 3.05) is 37.6 Å². The molecular weight excluding hydrogens is 378 g/mol. The topological polar surface area (TPSA) is 119 Å². The summed E-state index contributed by atoms with van der Waals surface area (Å²) in [6.07, 6.45) is 7.42. The molecule has 152 valence electrons. The van der Waals surface area contributed by atoms with E-state index in [1.54, 1.807) is 23.3 Å². The highest BCUT2D eigenvalue weighted by Gasteiger charge is 2.14. The van der Waals surface area contributed by atoms with E-state index in [2.05, 4.69) is 25.6 Å². The van der Waals surface area contributed by atoms with Crippen LogP contribution in [-0.4, -0.2) is 58.7 Å². The normalized spacial score (nSPS) is 14.9. The van der Waals surface area contributed by atoms with Crippen molar-refractivity contribution in [3.05, 3.63) is 48.6 Å². The number of pyridine rings is 2. The van der Waals surface area contributed by atoms with Crippen molar-refractivity contribution in [2.45, 2.75) is 6.42 Å². The molecule has 3 aromatic heterocycles. The van der Waals surface area contributed by atoms with Gasteiger partial charge in [0.1, 0.15) is 12.4 Å². The Balaban J connectivity index is 1.69. The van der Waals surface area contributed by atoms with E-state index in [0.717, 1.165) is 55.1 Å². The van der Waals surface area contributed by atoms with Crippen molar-refractivity contribution in [1.82, 2.24) is 30.4 Å². The summed E-state index contributed by atoms with van der Waals surface area (Å²) in [6, 6.07) is 9.87. The highest BCUT2D eigenvalue weighted by Crippen LogP contribution is 2.22. The molecule has 1 fully saturated rings. The number of aromatic nitrogens is 4. The maximum atomic E-state index is 8.69. The van der Waals surface area contributed by atoms with E-state index in [1.807, 2.05) is 30.3 Å². The van der Waals surface area contributed by atoms with Gasteiger partial charge in [-0.05, 0) is 31.2 Å². The molecule has 0 spiro atoms. The van der Waals surface area contributed by atoms with Gasteiger partial charge in [-0.3, -0.25) is 4.98 Å². The van der Waals surface area contributed by atoms with Crippen molar-refractivity contribution >= 4 is 28.5 Å². The second kappa shape index (κ2) is 9.15. The highest BCUT2D eigenvalue weighted by atomic mass is 15.3. The van der Waals surface area contributed by atoms with Crippen molar-refractivity contribution in [3.63, 3.8) is 0 Å². The fourth-order valence-corrected chi connectivity index (χ4v) is 3.44. The molecule has 0 radical (unpaired) electrons. The third-order valence-corrected chi connectivity index (χ3v) is 4.94. The van der Waals surface area contributed by atoms with Crippen molar-refractivity contribution in [3.8, 4) is 11.9 Å². The number of anilines is 1. The number of hydrogen-bond donors (Lipinski definition) is 3. The van der Waals surface area contributed by atoms with Crippen LogP contribution in [0.25, 0.3) is 22.3 Å². The van der Waals surface area contributed by atoms with Crippen LogP contribution in [0.15, 0.2) is 42.9 Å². The van der Waals surface area contributed by atoms with Crippen molar-refractivity contribution in [1.29, 1.82) is 10.7 Å². The Bertz CT molecular complexity index is 1100. The van der Waals surface area contributed by atoms with E-state index >= 15 is 0 Å². The number of fused-ring (bicyclic) bond motifs is 1. The molecule has 0 bridgehead atoms. The van der Waals surface area contributed by atoms with Gasteiger partial charge in [-0.15, -0.1) is 0 Å². The SMILES string of the molecule is N#CCN/C=C(\C=N)c1cc2c(cn1)cnn2-c1cccc(N2CCCNCC2)n1. The fourth-order valence-electron chi connectivity index (χ4n) is 3.44. The third-order valence-electron chi connectivity index (χ3n) is 4.94. The van der Waals surface area contributed by atoms with Crippen LogP contribution in [0.1, 0.15) is 12.1 Å². The molecule has 1 aliphatic rings. The van der Waals surface area contributed by atoms with Crippen LogP contribution in [0.2, 0.25) is 0 Å². The van der Waals surface area contributed by atoms with Crippen LogP contribution < -0.4 is 15.5 Å². The zero-order valence-electron chi connectivity index (χ0n) is 16.5. The van der Waals surface area contributed by atoms with Gasteiger partial charge >= 0.3 is 0 Å². The Kier molecular flexibility index (Phi) is 5.96. The number of nitrogens with zero attached hydrogens (tertiary/aromatic N) is 6. The Morgan fingerprint density at radius 3 is 3.03 bits per heavy atom. The molecule has 0 atom stereocenters. The quantitative estimate of drug-likeness (QED) is 0.327. The minimum Gasteiger partial charge on any atom is -0.378 e. The average molecular weight is 401 g/mol. The van der Waals surface area contributed by atoms with E-state index < -0.39 is 0 Å². The maximum Gasteiger partial charge on any atom is 0.156 e. The largest absolute Gasteiger partial charge is 0.378 e. The first-order chi connectivity index (χ1) is 14.8. The van der Waals surface area contributed by atoms with E-state index in [1.165, 1.54) is 6.21 Å². The lowest BCUT2D eigenvalue weighted by molar-refractivity contribution is 0.724. The number of nitrogens with one attached hydrogen (secondary N) is 3. The minimum absolute atomic E-state index is 0.167. The minimum atomic E-state index is 0.167. The third kappa shape index (κ3) is 4.14. The maximum absolute atomic E-state index is 8.69. The van der Waals surface area contributed by atoms with Crippen LogP contribution in [0.4, 0.5) is 5.82 Å². The summed E-state index contributed by atoms with van der Waals surface area (Å²) in [7, 11) is 0. The van der Waals surface area contributed by atoms with Crippen molar-refractivity contribution < 1.29 is 0 Å². The fraction of sp³-hybridized carbons (Fsp3) is 0.286. The molecule has 9 nitrogen and oxygen atoms in total. The van der Waals surface area contributed by atoms with Crippen molar-refractivity contribution in [2.24, 2.45) is 0 Å². The first-order valence-electron chi connectivity index (χ1n) is 9.88. The van der Waals surface area contributed by atoms with Crippen LogP contribution >= 0.6 is 0 Å². The zero-order valence-corrected chi connectivity index (χ0v) is 16.5. The summed E-state index contributed by atoms with van der Waals surface area (Å²) in [4.78, 5) is 11.6. The molecule has 4 rings (SSSR count). The lowest BCUT2D eigenvalue weighted by Crippen LogP contribution is -2.28. The smallest absolute Gasteiger partial charge is 0.156 e. The van der Waals surface area contributed by atoms with E-state index in [0.29, 0.717) is 11.3 Å². The van der Waals surface area contributed by atoms with Gasteiger partial charge in [0, 0.05) is 49.2 Å². The zero-order chi connectivity index (χ0) is 20.8. The summed E-state index contributed by atoms with van der Waals surface area (Å²) in [5, 5.41) is 28.1. The average Bonchev–Trinajstić information content (AvgIpc) is 3.01. The summed E-state index contributed by atoms with van der Waals surface area (Å²) in [5.74, 6) is 1.68. The van der Waals surface area contributed by atoms with Gasteiger partial charge < -0.3 is 20.9 Å². The molecule has 30 heavy (non-hydrogen) atoms. The van der Waals surface area contributed by atoms with Gasteiger partial charge in [-0.1, -0.05) is 6.07 Å². The molecule has 1 saturated heterocycles. The summed E-state index contributed by atoms with van der Waals surface area (Å²) < 4.78 is 1.80. The Labute approximate surface area is 174 Å². The van der Waals surface area contributed by atoms with E-state index in [9.17, 15) is 0 Å². The molecule has 0 aliphatic carbocycles. The summed E-state index contributed by atoms with van der Waals surface area (Å²) in [5.41, 5.74) is 2.06. The van der Waals surface area contributed by atoms with Gasteiger partial charge in [0.25, 0.3) is 0 Å². The number of rotatable bonds is 6. The predicted octanol–water partition coefficient (Wildman–Crippen LogP) is 1.72. The highest BCUT2D eigenvalue weighted by molar-refractivity contribution is 6.08. The van der Waals surface area contributed by atoms with Crippen LogP contribution in [-0.2, 0) is 0 Å². The first-order valence-corrected chi connectivity index (χ1v) is 9.88. The molecule has 3 N–H and O–H groups in total. The first kappa shape index (κ1) is 19.5. The molecule has 0 amide bonds. The number of nitriles is 1. The van der Waals surface area contributed by atoms with E-state index in [4.69, 9.17) is 15.7 Å². The Morgan fingerprint density at radius 1 is 1.27 bits per heavy atom. The molecule has 9 heteroatoms. The second-order valence-corrected chi connectivity index (χ2v) is 6.91. The van der Waals surface area contributed by atoms with Gasteiger partial charge in [0.05, 0.1) is 23.5 Å². The molecule has 1 aliphatic heterocycles. The van der Waals surface area contributed by atoms with Gasteiger partial charge in [-0.25, -0.2) is 9.67 Å². The van der Waals surface area contributed by atoms with Gasteiger partial charge in [-0.2, -0.15) is 10.4 Å². The predicted molar refractivity (Wildman–Crippen MR) is 117 cm³/mol. The van der Waals surface area contributed by atoms with Gasteiger partial charge in [0.15, 0.2) is 5.82 Å². The molecule has 0 unspecified atom stereocenters. The monoisotopic (exact) mass is 401 g/mol. The van der Waals surface area contributed by atoms with Crippen LogP contribution in [0, 0.1) is 16.7 Å². The Hall–Kier alpha value is -3.77. The summed E-state index contributed by atoms with van der Waals surface area (Å²) >= 11 is 0. The Morgan fingerprint density at radius 2 is 2.17 bits per heavy atom. The molecule has 0 saturated carbocycles. The molecular formula is C21H23N9. The lowest BCUT2D eigenvalue weighted by atomic mass is 10.2. The molecule has 4 heterocycles. The molecule has 3 aromatic rings. The second-order valence-electron chi connectivity index (χ2n) is 6.91. The molecule has 0 aromatic carbocycles. The summed E-state index contributed by atoms with van der Waals surface area (Å²) in [6.45, 7) is 4.04. The standard InChI is InChI=1S/C21H23N9/c22-5-7-25-13-16(12-23)18-11-19-17(14-26-18)15-27-30(19)21-4-1-3-20(28-21)29-9-2-6-24-8-10-29/h1,3-4,11-15,23-25H,2,6-10H2/b16-13+,23-12?. The van der Waals surface area contributed by atoms with E-state index in [-0.39, 0.29) is 6.54 Å².